The number of nitrogens with one attached hydrogen (secondary N) is 2. The number of aryl methyl sites for hydroxylation is 1. The minimum atomic E-state index is -0.0723. The van der Waals surface area contributed by atoms with E-state index >= 15 is 0 Å². The van der Waals surface area contributed by atoms with Crippen LogP contribution in [0.4, 0.5) is 11.8 Å². The maximum Gasteiger partial charge on any atom is 0.227 e. The molecule has 0 aliphatic rings. The van der Waals surface area contributed by atoms with Crippen LogP contribution in [0.5, 0.6) is 0 Å². The Morgan fingerprint density at radius 3 is 2.65 bits per heavy atom. The lowest BCUT2D eigenvalue weighted by Crippen LogP contribution is -2.24. The number of hydrogen-bond donors (Lipinski definition) is 3. The first-order valence-corrected chi connectivity index (χ1v) is 9.13. The summed E-state index contributed by atoms with van der Waals surface area (Å²) in [6.45, 7) is 5.69. The van der Waals surface area contributed by atoms with Crippen LogP contribution in [0.1, 0.15) is 32.3 Å². The number of aliphatic hydroxyl groups is 1. The minimum absolute atomic E-state index is 0.0406. The molecule has 0 fully saturated rings. The summed E-state index contributed by atoms with van der Waals surface area (Å²) in [7, 11) is 0. The van der Waals surface area contributed by atoms with Gasteiger partial charge in [0.25, 0.3) is 0 Å². The fraction of sp³-hybridized carbons (Fsp3) is 0.421. The van der Waals surface area contributed by atoms with E-state index in [1.54, 1.807) is 0 Å². The molecule has 7 nitrogen and oxygen atoms in total. The molecular formula is C19H26N6O. The van der Waals surface area contributed by atoms with E-state index in [4.69, 9.17) is 0 Å². The zero-order valence-corrected chi connectivity index (χ0v) is 15.3. The molecule has 138 valence electrons. The van der Waals surface area contributed by atoms with E-state index in [0.717, 1.165) is 30.6 Å². The second-order valence-electron chi connectivity index (χ2n) is 6.28. The van der Waals surface area contributed by atoms with Crippen LogP contribution in [-0.2, 0) is 13.1 Å². The molecule has 0 radical (unpaired) electrons. The number of benzene rings is 1. The Morgan fingerprint density at radius 2 is 1.96 bits per heavy atom. The highest BCUT2D eigenvalue weighted by molar-refractivity contribution is 5.84. The first-order chi connectivity index (χ1) is 12.7. The summed E-state index contributed by atoms with van der Waals surface area (Å²) in [6, 6.07) is 10.1. The summed E-state index contributed by atoms with van der Waals surface area (Å²) in [4.78, 5) is 13.7. The molecule has 0 aliphatic heterocycles. The number of fused-ring (bicyclic) bond motifs is 1. The average molecular weight is 354 g/mol. The van der Waals surface area contributed by atoms with Crippen LogP contribution in [0, 0.1) is 0 Å². The molecular weight excluding hydrogens is 328 g/mol. The van der Waals surface area contributed by atoms with Gasteiger partial charge in [0.1, 0.15) is 0 Å². The van der Waals surface area contributed by atoms with Gasteiger partial charge in [-0.3, -0.25) is 0 Å². The molecule has 1 aromatic carbocycles. The molecule has 1 atom stereocenters. The van der Waals surface area contributed by atoms with Crippen molar-refractivity contribution in [1.29, 1.82) is 0 Å². The Labute approximate surface area is 153 Å². The second kappa shape index (κ2) is 8.62. The molecule has 3 aromatic rings. The van der Waals surface area contributed by atoms with Gasteiger partial charge >= 0.3 is 0 Å². The van der Waals surface area contributed by atoms with E-state index in [0.29, 0.717) is 18.3 Å². The fourth-order valence-electron chi connectivity index (χ4n) is 2.78. The third-order valence-electron chi connectivity index (χ3n) is 4.28. The summed E-state index contributed by atoms with van der Waals surface area (Å²) in [6.07, 6.45) is 3.60. The van der Waals surface area contributed by atoms with Crippen LogP contribution in [0.25, 0.3) is 11.2 Å². The maximum atomic E-state index is 9.47. The van der Waals surface area contributed by atoms with Gasteiger partial charge in [0.2, 0.25) is 5.95 Å². The second-order valence-corrected chi connectivity index (χ2v) is 6.28. The van der Waals surface area contributed by atoms with Crippen LogP contribution in [0.15, 0.2) is 36.7 Å². The highest BCUT2D eigenvalue weighted by atomic mass is 16.3. The number of imidazole rings is 1. The van der Waals surface area contributed by atoms with Gasteiger partial charge in [-0.05, 0) is 18.4 Å². The lowest BCUT2D eigenvalue weighted by atomic mass is 10.2. The Balaban J connectivity index is 1.93. The van der Waals surface area contributed by atoms with Gasteiger partial charge in [-0.2, -0.15) is 9.97 Å². The van der Waals surface area contributed by atoms with Crippen molar-refractivity contribution in [3.8, 4) is 0 Å². The van der Waals surface area contributed by atoms with Gasteiger partial charge in [0.15, 0.2) is 17.0 Å². The highest BCUT2D eigenvalue weighted by Gasteiger charge is 2.15. The predicted octanol–water partition coefficient (Wildman–Crippen LogP) is 3.03. The third kappa shape index (κ3) is 4.11. The van der Waals surface area contributed by atoms with Gasteiger partial charge in [-0.25, -0.2) is 4.98 Å². The Hall–Kier alpha value is -2.67. The van der Waals surface area contributed by atoms with E-state index in [-0.39, 0.29) is 12.6 Å². The number of rotatable bonds is 9. The summed E-state index contributed by atoms with van der Waals surface area (Å²) >= 11 is 0. The summed E-state index contributed by atoms with van der Waals surface area (Å²) in [5.74, 6) is 1.20. The number of aromatic nitrogens is 4. The number of anilines is 2. The first-order valence-electron chi connectivity index (χ1n) is 9.13. The molecule has 0 bridgehead atoms. The van der Waals surface area contributed by atoms with E-state index in [9.17, 15) is 5.11 Å². The molecule has 26 heavy (non-hydrogen) atoms. The average Bonchev–Trinajstić information content (AvgIpc) is 3.08. The van der Waals surface area contributed by atoms with E-state index in [1.807, 2.05) is 36.0 Å². The lowest BCUT2D eigenvalue weighted by molar-refractivity contribution is 0.271. The van der Waals surface area contributed by atoms with E-state index in [1.165, 1.54) is 5.56 Å². The van der Waals surface area contributed by atoms with Crippen molar-refractivity contribution < 1.29 is 5.11 Å². The quantitative estimate of drug-likeness (QED) is 0.547. The first kappa shape index (κ1) is 18.1. The van der Waals surface area contributed by atoms with Gasteiger partial charge in [-0.15, -0.1) is 0 Å². The molecule has 2 heterocycles. The van der Waals surface area contributed by atoms with Gasteiger partial charge < -0.3 is 20.3 Å². The van der Waals surface area contributed by atoms with Crippen molar-refractivity contribution in [2.75, 3.05) is 17.2 Å². The number of hydrogen-bond acceptors (Lipinski definition) is 6. The van der Waals surface area contributed by atoms with Gasteiger partial charge in [0, 0.05) is 13.1 Å². The fourth-order valence-corrected chi connectivity index (χ4v) is 2.78. The monoisotopic (exact) mass is 354 g/mol. The number of aliphatic hydroxyl groups excluding tert-OH is 1. The summed E-state index contributed by atoms with van der Waals surface area (Å²) < 4.78 is 2.04. The van der Waals surface area contributed by atoms with Crippen molar-refractivity contribution in [1.82, 2.24) is 19.5 Å². The molecule has 3 N–H and O–H groups in total. The largest absolute Gasteiger partial charge is 0.394 e. The van der Waals surface area contributed by atoms with Gasteiger partial charge in [-0.1, -0.05) is 44.2 Å². The van der Waals surface area contributed by atoms with Crippen LogP contribution in [-0.4, -0.2) is 37.3 Å². The van der Waals surface area contributed by atoms with E-state index < -0.39 is 0 Å². The zero-order chi connectivity index (χ0) is 18.4. The number of nitrogens with zero attached hydrogens (tertiary/aromatic N) is 4. The lowest BCUT2D eigenvalue weighted by Gasteiger charge is -2.15. The van der Waals surface area contributed by atoms with Crippen molar-refractivity contribution in [2.45, 2.75) is 45.8 Å². The SMILES string of the molecule is CCCn1cnc2c(NCc3ccccc3)nc(NC(CC)CO)nc21. The van der Waals surface area contributed by atoms with Crippen molar-refractivity contribution in [3.05, 3.63) is 42.2 Å². The third-order valence-corrected chi connectivity index (χ3v) is 4.28. The molecule has 0 spiro atoms. The smallest absolute Gasteiger partial charge is 0.227 e. The van der Waals surface area contributed by atoms with Crippen LogP contribution < -0.4 is 10.6 Å². The van der Waals surface area contributed by atoms with Crippen LogP contribution in [0.2, 0.25) is 0 Å². The van der Waals surface area contributed by atoms with Gasteiger partial charge in [0.05, 0.1) is 19.0 Å². The minimum Gasteiger partial charge on any atom is -0.394 e. The molecule has 0 saturated heterocycles. The maximum absolute atomic E-state index is 9.47. The van der Waals surface area contributed by atoms with Crippen molar-refractivity contribution in [3.63, 3.8) is 0 Å². The summed E-state index contributed by atoms with van der Waals surface area (Å²) in [5.41, 5.74) is 2.73. The van der Waals surface area contributed by atoms with Crippen molar-refractivity contribution >= 4 is 22.9 Å². The predicted molar refractivity (Wildman–Crippen MR) is 104 cm³/mol. The topological polar surface area (TPSA) is 87.9 Å². The molecule has 2 aromatic heterocycles. The molecule has 7 heteroatoms. The van der Waals surface area contributed by atoms with Crippen molar-refractivity contribution in [2.24, 2.45) is 0 Å². The molecule has 0 saturated carbocycles. The Bertz CT molecular complexity index is 829. The highest BCUT2D eigenvalue weighted by Crippen LogP contribution is 2.22. The Morgan fingerprint density at radius 1 is 1.15 bits per heavy atom. The summed E-state index contributed by atoms with van der Waals surface area (Å²) in [5, 5.41) is 16.1. The normalized spacial score (nSPS) is 12.3. The van der Waals surface area contributed by atoms with E-state index in [2.05, 4.69) is 44.6 Å². The standard InChI is InChI=1S/C19H26N6O/c1-3-10-25-13-21-16-17(20-11-14-8-6-5-7-9-14)23-19(24-18(16)25)22-15(4-2)12-26/h5-9,13,15,26H,3-4,10-12H2,1-2H3,(H2,20,22,23,24). The molecule has 3 rings (SSSR count). The van der Waals surface area contributed by atoms with Crippen LogP contribution >= 0.6 is 0 Å². The molecule has 1 unspecified atom stereocenters. The molecule has 0 amide bonds. The Kier molecular flexibility index (Phi) is 6.01. The zero-order valence-electron chi connectivity index (χ0n) is 15.3. The molecule has 0 aliphatic carbocycles. The van der Waals surface area contributed by atoms with Crippen LogP contribution in [0.3, 0.4) is 0 Å².